The van der Waals surface area contributed by atoms with E-state index in [2.05, 4.69) is 10.5 Å². The molecule has 0 heterocycles. The molecule has 5 nitrogen and oxygen atoms in total. The number of oxime groups is 1. The molecule has 0 spiro atoms. The van der Waals surface area contributed by atoms with E-state index in [1.165, 1.54) is 24.3 Å². The van der Waals surface area contributed by atoms with Crippen molar-refractivity contribution in [2.75, 3.05) is 5.32 Å². The van der Waals surface area contributed by atoms with Gasteiger partial charge < -0.3 is 16.3 Å². The van der Waals surface area contributed by atoms with Crippen LogP contribution in [-0.2, 0) is 0 Å². The highest BCUT2D eigenvalue weighted by molar-refractivity contribution is 6.30. The number of benzene rings is 2. The Labute approximate surface area is 124 Å². The third kappa shape index (κ3) is 3.49. The first kappa shape index (κ1) is 14.8. The van der Waals surface area contributed by atoms with E-state index in [1.54, 1.807) is 12.1 Å². The fraction of sp³-hybridized carbons (Fsp3) is 0. The van der Waals surface area contributed by atoms with Crippen molar-refractivity contribution >= 4 is 29.0 Å². The van der Waals surface area contributed by atoms with Crippen LogP contribution in [0.1, 0.15) is 15.9 Å². The normalized spacial score (nSPS) is 11.2. The van der Waals surface area contributed by atoms with Gasteiger partial charge in [-0.3, -0.25) is 4.79 Å². The summed E-state index contributed by atoms with van der Waals surface area (Å²) in [5.74, 6) is -1.28. The van der Waals surface area contributed by atoms with Crippen molar-refractivity contribution in [1.82, 2.24) is 0 Å². The number of amidine groups is 1. The van der Waals surface area contributed by atoms with Crippen LogP contribution in [0.4, 0.5) is 10.1 Å². The SMILES string of the molecule is NC(=NO)c1cccc(C(=O)Nc2ccc(Cl)cc2F)c1. The Morgan fingerprint density at radius 3 is 2.62 bits per heavy atom. The quantitative estimate of drug-likeness (QED) is 0.352. The molecule has 7 heteroatoms. The molecule has 21 heavy (non-hydrogen) atoms. The van der Waals surface area contributed by atoms with Gasteiger partial charge in [-0.25, -0.2) is 4.39 Å². The average molecular weight is 308 g/mol. The summed E-state index contributed by atoms with van der Waals surface area (Å²) >= 11 is 5.64. The van der Waals surface area contributed by atoms with Gasteiger partial charge >= 0.3 is 0 Å². The van der Waals surface area contributed by atoms with Gasteiger partial charge in [0.1, 0.15) is 5.82 Å². The van der Waals surface area contributed by atoms with Crippen LogP contribution in [0.25, 0.3) is 0 Å². The molecular formula is C14H11ClFN3O2. The number of amides is 1. The van der Waals surface area contributed by atoms with Gasteiger partial charge in [-0.05, 0) is 30.3 Å². The molecule has 2 aromatic rings. The number of hydrogen-bond acceptors (Lipinski definition) is 3. The maximum absolute atomic E-state index is 13.6. The van der Waals surface area contributed by atoms with Crippen LogP contribution in [0.15, 0.2) is 47.6 Å². The summed E-state index contributed by atoms with van der Waals surface area (Å²) < 4.78 is 13.6. The van der Waals surface area contributed by atoms with Crippen molar-refractivity contribution in [2.24, 2.45) is 10.9 Å². The molecule has 2 aromatic carbocycles. The smallest absolute Gasteiger partial charge is 0.255 e. The van der Waals surface area contributed by atoms with E-state index in [1.807, 2.05) is 0 Å². The van der Waals surface area contributed by atoms with Gasteiger partial charge in [0.05, 0.1) is 5.69 Å². The van der Waals surface area contributed by atoms with Crippen LogP contribution in [0, 0.1) is 5.82 Å². The van der Waals surface area contributed by atoms with Crippen molar-refractivity contribution in [3.8, 4) is 0 Å². The Balaban J connectivity index is 2.24. The van der Waals surface area contributed by atoms with Gasteiger partial charge in [-0.1, -0.05) is 28.9 Å². The van der Waals surface area contributed by atoms with E-state index in [0.717, 1.165) is 6.07 Å². The molecule has 0 radical (unpaired) electrons. The standard InChI is InChI=1S/C14H11ClFN3O2/c15-10-4-5-12(11(16)7-10)18-14(20)9-3-1-2-8(6-9)13(17)19-21/h1-7,21H,(H2,17,19)(H,18,20). The largest absolute Gasteiger partial charge is 0.409 e. The van der Waals surface area contributed by atoms with Gasteiger partial charge in [-0.2, -0.15) is 0 Å². The molecule has 2 rings (SSSR count). The lowest BCUT2D eigenvalue weighted by atomic mass is 10.1. The number of carbonyl (C=O) groups excluding carboxylic acids is 1. The van der Waals surface area contributed by atoms with Gasteiger partial charge in [0, 0.05) is 16.1 Å². The molecule has 0 saturated heterocycles. The zero-order valence-corrected chi connectivity index (χ0v) is 11.4. The Hall–Kier alpha value is -2.60. The van der Waals surface area contributed by atoms with Gasteiger partial charge in [0.25, 0.3) is 5.91 Å². The predicted octanol–water partition coefficient (Wildman–Crippen LogP) is 2.83. The Bertz CT molecular complexity index is 719. The number of nitrogens with two attached hydrogens (primary N) is 1. The van der Waals surface area contributed by atoms with E-state index < -0.39 is 11.7 Å². The van der Waals surface area contributed by atoms with Gasteiger partial charge in [0.15, 0.2) is 5.84 Å². The second kappa shape index (κ2) is 6.23. The molecule has 0 aliphatic heterocycles. The first-order valence-corrected chi connectivity index (χ1v) is 6.23. The minimum Gasteiger partial charge on any atom is -0.409 e. The van der Waals surface area contributed by atoms with E-state index in [4.69, 9.17) is 22.5 Å². The van der Waals surface area contributed by atoms with Crippen LogP contribution in [0.3, 0.4) is 0 Å². The molecule has 0 saturated carbocycles. The summed E-state index contributed by atoms with van der Waals surface area (Å²) in [5.41, 5.74) is 6.08. The van der Waals surface area contributed by atoms with Crippen molar-refractivity contribution in [2.45, 2.75) is 0 Å². The number of nitrogens with one attached hydrogen (secondary N) is 1. The highest BCUT2D eigenvalue weighted by atomic mass is 35.5. The van der Waals surface area contributed by atoms with Crippen molar-refractivity contribution in [3.05, 3.63) is 64.4 Å². The summed E-state index contributed by atoms with van der Waals surface area (Å²) in [6.45, 7) is 0. The fourth-order valence-electron chi connectivity index (χ4n) is 1.66. The number of carbonyl (C=O) groups is 1. The molecular weight excluding hydrogens is 297 g/mol. The lowest BCUT2D eigenvalue weighted by Crippen LogP contribution is -2.16. The molecule has 0 unspecified atom stereocenters. The van der Waals surface area contributed by atoms with Crippen molar-refractivity contribution in [3.63, 3.8) is 0 Å². The zero-order chi connectivity index (χ0) is 15.4. The second-order valence-corrected chi connectivity index (χ2v) is 4.58. The molecule has 0 aliphatic carbocycles. The first-order valence-electron chi connectivity index (χ1n) is 5.85. The minimum atomic E-state index is -0.636. The van der Waals surface area contributed by atoms with Gasteiger partial charge in [-0.15, -0.1) is 0 Å². The lowest BCUT2D eigenvalue weighted by Gasteiger charge is -2.07. The second-order valence-electron chi connectivity index (χ2n) is 4.14. The number of nitrogens with zero attached hydrogens (tertiary/aromatic N) is 1. The summed E-state index contributed by atoms with van der Waals surface area (Å²) in [7, 11) is 0. The maximum atomic E-state index is 13.6. The Morgan fingerprint density at radius 1 is 1.24 bits per heavy atom. The molecule has 0 atom stereocenters. The average Bonchev–Trinajstić information content (AvgIpc) is 2.49. The summed E-state index contributed by atoms with van der Waals surface area (Å²) in [6, 6.07) is 10.0. The molecule has 108 valence electrons. The zero-order valence-electron chi connectivity index (χ0n) is 10.7. The molecule has 0 aromatic heterocycles. The van der Waals surface area contributed by atoms with Crippen LogP contribution in [-0.4, -0.2) is 17.0 Å². The molecule has 0 aliphatic rings. The minimum absolute atomic E-state index is 0.0126. The highest BCUT2D eigenvalue weighted by Crippen LogP contribution is 2.19. The first-order chi connectivity index (χ1) is 10.0. The summed E-state index contributed by atoms with van der Waals surface area (Å²) in [6.07, 6.45) is 0. The van der Waals surface area contributed by atoms with E-state index in [9.17, 15) is 9.18 Å². The molecule has 0 fully saturated rings. The van der Waals surface area contributed by atoms with E-state index in [0.29, 0.717) is 5.56 Å². The predicted molar refractivity (Wildman–Crippen MR) is 78.3 cm³/mol. The third-order valence-electron chi connectivity index (χ3n) is 2.71. The Morgan fingerprint density at radius 2 is 1.95 bits per heavy atom. The van der Waals surface area contributed by atoms with Crippen molar-refractivity contribution < 1.29 is 14.4 Å². The van der Waals surface area contributed by atoms with E-state index in [-0.39, 0.29) is 22.1 Å². The highest BCUT2D eigenvalue weighted by Gasteiger charge is 2.11. The van der Waals surface area contributed by atoms with E-state index >= 15 is 0 Å². The fourth-order valence-corrected chi connectivity index (χ4v) is 1.82. The van der Waals surface area contributed by atoms with Crippen LogP contribution >= 0.6 is 11.6 Å². The molecule has 4 N–H and O–H groups in total. The van der Waals surface area contributed by atoms with Crippen LogP contribution < -0.4 is 11.1 Å². The molecule has 1 amide bonds. The number of rotatable bonds is 3. The third-order valence-corrected chi connectivity index (χ3v) is 2.94. The number of hydrogen-bond donors (Lipinski definition) is 3. The van der Waals surface area contributed by atoms with Crippen molar-refractivity contribution in [1.29, 1.82) is 0 Å². The maximum Gasteiger partial charge on any atom is 0.255 e. The summed E-state index contributed by atoms with van der Waals surface area (Å²) in [4.78, 5) is 12.1. The molecule has 0 bridgehead atoms. The Kier molecular flexibility index (Phi) is 4.39. The van der Waals surface area contributed by atoms with Crippen LogP contribution in [0.2, 0.25) is 5.02 Å². The summed E-state index contributed by atoms with van der Waals surface area (Å²) in [5, 5.41) is 14.1. The lowest BCUT2D eigenvalue weighted by molar-refractivity contribution is 0.102. The topological polar surface area (TPSA) is 87.7 Å². The number of halogens is 2. The van der Waals surface area contributed by atoms with Crippen LogP contribution in [0.5, 0.6) is 0 Å². The monoisotopic (exact) mass is 307 g/mol. The van der Waals surface area contributed by atoms with Gasteiger partial charge in [0.2, 0.25) is 0 Å². The number of anilines is 1.